The molecule has 0 saturated carbocycles. The molecule has 0 aliphatic rings. The third-order valence-electron chi connectivity index (χ3n) is 2.06. The molecule has 0 radical (unpaired) electrons. The van der Waals surface area contributed by atoms with Gasteiger partial charge in [-0.3, -0.25) is 14.3 Å². The van der Waals surface area contributed by atoms with Gasteiger partial charge in [-0.2, -0.15) is 17.2 Å². The number of nitro groups is 1. The molecule has 0 spiro atoms. The molecule has 0 heterocycles. The SMILES string of the molecule is O=[N+]([O-])c1ccc(S(=O)(=O)OCC(F)(F)C(F)F)cc1. The van der Waals surface area contributed by atoms with Crippen molar-refractivity contribution in [1.29, 1.82) is 0 Å². The predicted octanol–water partition coefficient (Wildman–Crippen LogP) is 2.20. The first-order valence-electron chi connectivity index (χ1n) is 4.86. The monoisotopic (exact) mass is 317 g/mol. The topological polar surface area (TPSA) is 86.5 Å². The van der Waals surface area contributed by atoms with Crippen molar-refractivity contribution >= 4 is 15.8 Å². The van der Waals surface area contributed by atoms with Crippen LogP contribution in [-0.4, -0.2) is 32.3 Å². The van der Waals surface area contributed by atoms with Crippen LogP contribution in [0.3, 0.4) is 0 Å². The third-order valence-corrected chi connectivity index (χ3v) is 3.34. The number of rotatable bonds is 6. The highest BCUT2D eigenvalue weighted by atomic mass is 32.2. The van der Waals surface area contributed by atoms with Crippen LogP contribution in [-0.2, 0) is 14.3 Å². The van der Waals surface area contributed by atoms with Gasteiger partial charge in [0.1, 0.15) is 6.61 Å². The highest BCUT2D eigenvalue weighted by molar-refractivity contribution is 7.86. The van der Waals surface area contributed by atoms with Gasteiger partial charge in [-0.15, -0.1) is 0 Å². The standard InChI is InChI=1S/C9H7F4NO5S/c10-8(11)9(12,13)5-19-20(17,18)7-3-1-6(2-4-7)14(15)16/h1-4,8H,5H2. The van der Waals surface area contributed by atoms with Crippen LogP contribution in [0.4, 0.5) is 23.2 Å². The second kappa shape index (κ2) is 5.71. The molecule has 1 aromatic rings. The van der Waals surface area contributed by atoms with E-state index in [0.717, 1.165) is 24.3 Å². The van der Waals surface area contributed by atoms with Crippen LogP contribution < -0.4 is 0 Å². The Morgan fingerprint density at radius 3 is 2.15 bits per heavy atom. The Morgan fingerprint density at radius 1 is 1.25 bits per heavy atom. The zero-order chi connectivity index (χ0) is 15.6. The van der Waals surface area contributed by atoms with Crippen LogP contribution in [0.1, 0.15) is 0 Å². The number of alkyl halides is 4. The molecule has 1 rings (SSSR count). The minimum Gasteiger partial charge on any atom is -0.260 e. The lowest BCUT2D eigenvalue weighted by Crippen LogP contribution is -2.33. The molecule has 0 fully saturated rings. The van der Waals surface area contributed by atoms with E-state index in [0.29, 0.717) is 0 Å². The Bertz CT molecular complexity index is 587. The van der Waals surface area contributed by atoms with Crippen LogP contribution in [0.15, 0.2) is 29.2 Å². The number of benzene rings is 1. The normalized spacial score (nSPS) is 12.7. The molecule has 0 unspecified atom stereocenters. The molecule has 0 atom stereocenters. The lowest BCUT2D eigenvalue weighted by Gasteiger charge is -2.14. The van der Waals surface area contributed by atoms with Crippen molar-refractivity contribution in [3.05, 3.63) is 34.4 Å². The zero-order valence-electron chi connectivity index (χ0n) is 9.50. The van der Waals surface area contributed by atoms with Crippen LogP contribution >= 0.6 is 0 Å². The van der Waals surface area contributed by atoms with E-state index in [2.05, 4.69) is 4.18 Å². The summed E-state index contributed by atoms with van der Waals surface area (Å²) >= 11 is 0. The van der Waals surface area contributed by atoms with Gasteiger partial charge in [-0.1, -0.05) is 0 Å². The second-order valence-corrected chi connectivity index (χ2v) is 5.14. The molecule has 0 aliphatic carbocycles. The minimum atomic E-state index is -4.71. The zero-order valence-corrected chi connectivity index (χ0v) is 10.3. The van der Waals surface area contributed by atoms with Crippen molar-refractivity contribution in [3.63, 3.8) is 0 Å². The maximum atomic E-state index is 12.5. The second-order valence-electron chi connectivity index (χ2n) is 3.53. The van der Waals surface area contributed by atoms with Crippen molar-refractivity contribution in [1.82, 2.24) is 0 Å². The summed E-state index contributed by atoms with van der Waals surface area (Å²) in [4.78, 5) is 8.87. The molecule has 0 aromatic heterocycles. The first kappa shape index (κ1) is 16.3. The fourth-order valence-corrected chi connectivity index (χ4v) is 1.94. The maximum absolute atomic E-state index is 12.5. The summed E-state index contributed by atoms with van der Waals surface area (Å²) in [6.07, 6.45) is -4.07. The van der Waals surface area contributed by atoms with Gasteiger partial charge >= 0.3 is 12.3 Å². The fourth-order valence-electron chi connectivity index (χ4n) is 1.02. The Labute approximate surface area is 110 Å². The number of nitrogens with zero attached hydrogens (tertiary/aromatic N) is 1. The van der Waals surface area contributed by atoms with E-state index in [1.165, 1.54) is 0 Å². The quantitative estimate of drug-likeness (QED) is 0.347. The highest BCUT2D eigenvalue weighted by Gasteiger charge is 2.42. The predicted molar refractivity (Wildman–Crippen MR) is 57.2 cm³/mol. The molecule has 0 aliphatic heterocycles. The van der Waals surface area contributed by atoms with Gasteiger partial charge < -0.3 is 0 Å². The number of hydrogen-bond donors (Lipinski definition) is 0. The van der Waals surface area contributed by atoms with E-state index in [9.17, 15) is 36.1 Å². The molecular weight excluding hydrogens is 310 g/mol. The number of nitro benzene ring substituents is 1. The van der Waals surface area contributed by atoms with E-state index in [4.69, 9.17) is 0 Å². The number of non-ortho nitro benzene ring substituents is 1. The lowest BCUT2D eigenvalue weighted by molar-refractivity contribution is -0.384. The molecule has 0 amide bonds. The number of hydrogen-bond acceptors (Lipinski definition) is 5. The maximum Gasteiger partial charge on any atom is 0.331 e. The van der Waals surface area contributed by atoms with Crippen molar-refractivity contribution in [2.24, 2.45) is 0 Å². The molecular formula is C9H7F4NO5S. The van der Waals surface area contributed by atoms with Gasteiger partial charge in [0.2, 0.25) is 0 Å². The van der Waals surface area contributed by atoms with Crippen molar-refractivity contribution in [2.45, 2.75) is 17.2 Å². The average molecular weight is 317 g/mol. The molecule has 6 nitrogen and oxygen atoms in total. The Balaban J connectivity index is 2.87. The van der Waals surface area contributed by atoms with Crippen LogP contribution in [0.5, 0.6) is 0 Å². The molecule has 112 valence electrons. The van der Waals surface area contributed by atoms with Gasteiger partial charge in [0.05, 0.1) is 9.82 Å². The van der Waals surface area contributed by atoms with Crippen LogP contribution in [0.2, 0.25) is 0 Å². The van der Waals surface area contributed by atoms with Crippen molar-refractivity contribution < 1.29 is 35.1 Å². The van der Waals surface area contributed by atoms with E-state index in [1.807, 2.05) is 0 Å². The molecule has 0 saturated heterocycles. The van der Waals surface area contributed by atoms with Gasteiger partial charge in [0, 0.05) is 12.1 Å². The van der Waals surface area contributed by atoms with E-state index in [1.54, 1.807) is 0 Å². The molecule has 0 bridgehead atoms. The summed E-state index contributed by atoms with van der Waals surface area (Å²) in [5, 5.41) is 10.3. The summed E-state index contributed by atoms with van der Waals surface area (Å²) in [7, 11) is -4.71. The Hall–Kier alpha value is -1.75. The summed E-state index contributed by atoms with van der Waals surface area (Å²) in [6, 6.07) is 3.10. The lowest BCUT2D eigenvalue weighted by atomic mass is 10.3. The third kappa shape index (κ3) is 3.87. The van der Waals surface area contributed by atoms with E-state index in [-0.39, 0.29) is 0 Å². The Morgan fingerprint density at radius 2 is 1.75 bits per heavy atom. The van der Waals surface area contributed by atoms with Crippen molar-refractivity contribution in [3.8, 4) is 0 Å². The highest BCUT2D eigenvalue weighted by Crippen LogP contribution is 2.25. The van der Waals surface area contributed by atoms with Gasteiger partial charge in [0.15, 0.2) is 0 Å². The first-order chi connectivity index (χ1) is 9.06. The fraction of sp³-hybridized carbons (Fsp3) is 0.333. The van der Waals surface area contributed by atoms with Gasteiger partial charge in [0.25, 0.3) is 15.8 Å². The Kier molecular flexibility index (Phi) is 4.65. The molecule has 0 N–H and O–H groups in total. The number of halogens is 4. The van der Waals surface area contributed by atoms with E-state index >= 15 is 0 Å². The van der Waals surface area contributed by atoms with Crippen molar-refractivity contribution in [2.75, 3.05) is 6.61 Å². The summed E-state index contributed by atoms with van der Waals surface area (Å²) in [6.45, 7) is -2.02. The minimum absolute atomic E-state index is 0.429. The van der Waals surface area contributed by atoms with Crippen LogP contribution in [0.25, 0.3) is 0 Å². The molecule has 20 heavy (non-hydrogen) atoms. The summed E-state index contributed by atoms with van der Waals surface area (Å²) in [5.41, 5.74) is -0.429. The first-order valence-corrected chi connectivity index (χ1v) is 6.27. The largest absolute Gasteiger partial charge is 0.331 e. The van der Waals surface area contributed by atoms with Gasteiger partial charge in [-0.05, 0) is 12.1 Å². The molecule has 1 aromatic carbocycles. The molecule has 11 heteroatoms. The smallest absolute Gasteiger partial charge is 0.260 e. The average Bonchev–Trinajstić information content (AvgIpc) is 2.36. The van der Waals surface area contributed by atoms with E-state index < -0.39 is 44.6 Å². The van der Waals surface area contributed by atoms with Crippen LogP contribution in [0, 0.1) is 10.1 Å². The van der Waals surface area contributed by atoms with Gasteiger partial charge in [-0.25, -0.2) is 8.78 Å². The summed E-state index contributed by atoms with van der Waals surface area (Å²) in [5.74, 6) is -4.62. The summed E-state index contributed by atoms with van der Waals surface area (Å²) < 4.78 is 75.4.